The van der Waals surface area contributed by atoms with Gasteiger partial charge in [0.15, 0.2) is 0 Å². The first-order valence-corrected chi connectivity index (χ1v) is 23.5. The van der Waals surface area contributed by atoms with E-state index >= 15 is 0 Å². The summed E-state index contributed by atoms with van der Waals surface area (Å²) in [6, 6.07) is 53.4. The van der Waals surface area contributed by atoms with Crippen LogP contribution < -0.4 is 19.8 Å². The van der Waals surface area contributed by atoms with Gasteiger partial charge in [0, 0.05) is 11.3 Å². The third-order valence-corrected chi connectivity index (χ3v) is 14.3. The molecular formula is C60H44BN5OPt-2. The summed E-state index contributed by atoms with van der Waals surface area (Å²) in [6.45, 7) is 0.801. The van der Waals surface area contributed by atoms with Gasteiger partial charge in [-0.2, -0.15) is 12.1 Å². The van der Waals surface area contributed by atoms with E-state index in [0.29, 0.717) is 54.6 Å². The summed E-state index contributed by atoms with van der Waals surface area (Å²) in [6.07, 6.45) is 0. The third-order valence-electron chi connectivity index (χ3n) is 13.2. The van der Waals surface area contributed by atoms with E-state index < -0.39 is 20.7 Å². The molecule has 0 atom stereocenters. The van der Waals surface area contributed by atoms with Gasteiger partial charge in [0.1, 0.15) is 0 Å². The van der Waals surface area contributed by atoms with Crippen molar-refractivity contribution in [1.82, 2.24) is 14.1 Å². The Morgan fingerprint density at radius 2 is 1.40 bits per heavy atom. The first kappa shape index (κ1) is 31.5. The molecule has 0 amide bonds. The first-order valence-electron chi connectivity index (χ1n) is 27.3. The van der Waals surface area contributed by atoms with E-state index in [2.05, 4.69) is 81.1 Å². The number of anilines is 4. The average Bonchev–Trinajstić information content (AvgIpc) is 4.13. The quantitative estimate of drug-likeness (QED) is 0.123. The van der Waals surface area contributed by atoms with Gasteiger partial charge in [0.25, 0.3) is 0 Å². The number of pyridine rings is 1. The molecule has 3 aliphatic rings. The van der Waals surface area contributed by atoms with Crippen molar-refractivity contribution < 1.29 is 37.8 Å². The van der Waals surface area contributed by atoms with Crippen molar-refractivity contribution in [1.29, 1.82) is 0 Å². The number of aromatic nitrogens is 3. The van der Waals surface area contributed by atoms with Gasteiger partial charge in [-0.05, 0) is 11.6 Å². The molecule has 0 spiro atoms. The van der Waals surface area contributed by atoms with Crippen LogP contribution in [0.3, 0.4) is 0 Å². The van der Waals surface area contributed by atoms with Crippen molar-refractivity contribution in [2.45, 2.75) is 39.9 Å². The van der Waals surface area contributed by atoms with Gasteiger partial charge >= 0.3 is 347 Å². The summed E-state index contributed by atoms with van der Waals surface area (Å²) >= 11 is 2.28. The summed E-state index contributed by atoms with van der Waals surface area (Å²) < 4.78 is 99.4. The Morgan fingerprint density at radius 1 is 0.662 bits per heavy atom. The zero-order valence-electron chi connectivity index (χ0n) is 47.0. The monoisotopic (exact) mass is 1070 g/mol. The van der Waals surface area contributed by atoms with Gasteiger partial charge in [-0.25, -0.2) is 0 Å². The zero-order chi connectivity index (χ0) is 54.5. The van der Waals surface area contributed by atoms with Crippen LogP contribution in [0.15, 0.2) is 176 Å². The van der Waals surface area contributed by atoms with Crippen LogP contribution in [0.2, 0.25) is 0 Å². The van der Waals surface area contributed by atoms with Crippen molar-refractivity contribution in [3.05, 3.63) is 208 Å². The van der Waals surface area contributed by atoms with E-state index in [9.17, 15) is 1.37 Å². The van der Waals surface area contributed by atoms with Crippen LogP contribution >= 0.6 is 0 Å². The number of aryl methyl sites for hydroxylation is 2. The van der Waals surface area contributed by atoms with E-state index in [-0.39, 0.29) is 52.3 Å². The number of hydrogen-bond acceptors (Lipinski definition) is 4. The van der Waals surface area contributed by atoms with Crippen LogP contribution in [0.5, 0.6) is 11.6 Å². The van der Waals surface area contributed by atoms with Crippen molar-refractivity contribution in [2.24, 2.45) is 0 Å². The van der Waals surface area contributed by atoms with Crippen molar-refractivity contribution in [2.75, 3.05) is 9.62 Å². The Balaban J connectivity index is 0.990. The molecule has 5 heterocycles. The Bertz CT molecular complexity index is 4250. The fourth-order valence-electron chi connectivity index (χ4n) is 10.2. The Kier molecular flexibility index (Phi) is 7.08. The van der Waals surface area contributed by atoms with Gasteiger partial charge in [0.2, 0.25) is 0 Å². The SMILES string of the molecule is [2H]c1c([2H])c([2H])c2c(c1[2H])-c1cccc3c1B1N(c4[c-]cccc4N12)c1nc(Oc2[c-]c(-n4[c](=[Pt])n(-c5c(-c6ccccc6)cc(C([2H])([2H])[2H])cc5-c5ccc(C(C)(C)C)cc5)c5ccccc54)ccc2C([2H])([2H])[2H])ccc1-3. The Morgan fingerprint density at radius 3 is 2.16 bits per heavy atom. The minimum absolute atomic E-state index is 0.0666. The molecule has 8 heteroatoms. The number of rotatable bonds is 6. The summed E-state index contributed by atoms with van der Waals surface area (Å²) in [5.41, 5.74) is 12.2. The molecule has 10 aromatic rings. The standard InChI is InChI=1S/C60H44BN5O.Pt/c1-38-34-48(40-16-7-6-8-17-40)58(49(35-38)41-27-29-42(30-28-41)60(3,4)5)64-37-63(51-22-11-12-23-52(51)64)43-31-26-39(2)55(36-43)67-56-33-32-47-46-20-15-19-45-44-18-9-10-21-50(44)65-53-24-13-14-25-54(53)66(59(47)62-56)61(65)57(45)46;/h6-24,26-35H,1-5H3;/q-2;/i1D3,2D3,9D,10D,18D,21D;. The number of imidazole rings is 1. The molecule has 0 saturated carbocycles. The molecule has 6 nitrogen and oxygen atoms in total. The molecule has 0 fully saturated rings. The van der Waals surface area contributed by atoms with E-state index in [1.807, 2.05) is 105 Å². The zero-order valence-corrected chi connectivity index (χ0v) is 39.2. The van der Waals surface area contributed by atoms with Crippen molar-refractivity contribution >= 4 is 46.4 Å². The topological polar surface area (TPSA) is 38.5 Å². The maximum atomic E-state index is 9.21. The van der Waals surface area contributed by atoms with Crippen LogP contribution in [0.4, 0.5) is 22.9 Å². The third kappa shape index (κ3) is 6.15. The number of benzene rings is 8. The van der Waals surface area contributed by atoms with Crippen LogP contribution in [0.25, 0.3) is 66.9 Å². The minimum atomic E-state index is -2.63. The first-order chi connectivity index (χ1) is 37.2. The predicted molar refractivity (Wildman–Crippen MR) is 274 cm³/mol. The fourth-order valence-corrected chi connectivity index (χ4v) is 11.2. The van der Waals surface area contributed by atoms with Crippen molar-refractivity contribution in [3.63, 3.8) is 0 Å². The van der Waals surface area contributed by atoms with Crippen LogP contribution in [0, 0.1) is 29.6 Å². The van der Waals surface area contributed by atoms with Crippen LogP contribution in [0.1, 0.15) is 51.2 Å². The molecule has 330 valence electrons. The molecule has 0 N–H and O–H groups in total. The van der Waals surface area contributed by atoms with Gasteiger partial charge < -0.3 is 0 Å². The molecule has 0 aliphatic carbocycles. The molecule has 8 aromatic carbocycles. The molecule has 13 rings (SSSR count). The van der Waals surface area contributed by atoms with Crippen molar-refractivity contribution in [3.8, 4) is 67.5 Å². The second-order valence-corrected chi connectivity index (χ2v) is 19.2. The van der Waals surface area contributed by atoms with E-state index in [4.69, 9.17) is 22.1 Å². The summed E-state index contributed by atoms with van der Waals surface area (Å²) in [5, 5.41) is 0. The van der Waals surface area contributed by atoms with E-state index in [0.717, 1.165) is 50.0 Å². The predicted octanol–water partition coefficient (Wildman–Crippen LogP) is 14.2. The second kappa shape index (κ2) is 15.3. The number of ether oxygens (including phenoxy) is 1. The molecule has 3 aliphatic heterocycles. The second-order valence-electron chi connectivity index (χ2n) is 18.2. The van der Waals surface area contributed by atoms with Gasteiger partial charge in [0.05, 0.1) is 5.48 Å². The average molecular weight is 1070 g/mol. The molecule has 0 unspecified atom stereocenters. The van der Waals surface area contributed by atoms with Gasteiger partial charge in [-0.1, -0.05) is 30.3 Å². The maximum absolute atomic E-state index is 9.21. The molecule has 0 saturated heterocycles. The van der Waals surface area contributed by atoms with Crippen LogP contribution in [-0.2, 0) is 24.8 Å². The molecular weight excluding hydrogens is 1010 g/mol. The van der Waals surface area contributed by atoms with E-state index in [1.165, 1.54) is 6.07 Å². The molecule has 68 heavy (non-hydrogen) atoms. The number of para-hydroxylation sites is 4. The molecule has 0 bridgehead atoms. The number of nitrogens with zero attached hydrogens (tertiary/aromatic N) is 5. The fraction of sp³-hybridized carbons (Fsp3) is 0.100. The summed E-state index contributed by atoms with van der Waals surface area (Å²) in [5.74, 6) is 0.509. The molecule has 0 radical (unpaired) electrons. The van der Waals surface area contributed by atoms with Gasteiger partial charge in [-0.3, -0.25) is 0 Å². The number of hydrogen-bond donors (Lipinski definition) is 0. The number of fused-ring (bicyclic) bond motifs is 10. The van der Waals surface area contributed by atoms with E-state index in [1.54, 1.807) is 30.3 Å². The summed E-state index contributed by atoms with van der Waals surface area (Å²) in [7, 11) is 0. The van der Waals surface area contributed by atoms with Crippen LogP contribution in [-0.4, -0.2) is 21.1 Å². The summed E-state index contributed by atoms with van der Waals surface area (Å²) in [4.78, 5) is 9.12. The normalized spacial score (nSPS) is 15.6. The molecule has 2 aromatic heterocycles. The Labute approximate surface area is 422 Å². The van der Waals surface area contributed by atoms with Gasteiger partial charge in [-0.15, -0.1) is 6.07 Å². The Hall–Kier alpha value is -7.47.